The van der Waals surface area contributed by atoms with E-state index in [4.69, 9.17) is 0 Å². The van der Waals surface area contributed by atoms with Gasteiger partial charge in [-0.05, 0) is 26.2 Å². The molecular weight excluding hydrogens is 302 g/mol. The van der Waals surface area contributed by atoms with E-state index in [9.17, 15) is 4.79 Å². The van der Waals surface area contributed by atoms with Crippen LogP contribution in [0.25, 0.3) is 0 Å². The van der Waals surface area contributed by atoms with Crippen LogP contribution in [0.1, 0.15) is 75.7 Å². The van der Waals surface area contributed by atoms with E-state index in [2.05, 4.69) is 18.8 Å². The molecule has 2 nitrogen and oxygen atoms in total. The number of hydrogen-bond acceptors (Lipinski definition) is 3. The second-order valence-electron chi connectivity index (χ2n) is 5.37. The van der Waals surface area contributed by atoms with Gasteiger partial charge < -0.3 is 0 Å². The van der Waals surface area contributed by atoms with E-state index in [1.807, 2.05) is 45.0 Å². The topological polar surface area (TPSA) is 29.4 Å². The molecule has 0 radical (unpaired) electrons. The molecule has 0 saturated heterocycles. The molecule has 0 aromatic heterocycles. The first-order valence-corrected chi connectivity index (χ1v) is 9.92. The van der Waals surface area contributed by atoms with Gasteiger partial charge in [0.2, 0.25) is 0 Å². The normalized spacial score (nSPS) is 13.5. The molecule has 0 spiro atoms. The van der Waals surface area contributed by atoms with Crippen molar-refractivity contribution in [3.63, 3.8) is 0 Å². The van der Waals surface area contributed by atoms with Gasteiger partial charge in [0.1, 0.15) is 0 Å². The summed E-state index contributed by atoms with van der Waals surface area (Å²) in [5.41, 5.74) is 2.00. The maximum absolute atomic E-state index is 12.0. The number of aliphatic imine (C=N–C) groups is 1. The van der Waals surface area contributed by atoms with Crippen LogP contribution in [0.2, 0.25) is 0 Å². The predicted octanol–water partition coefficient (Wildman–Crippen LogP) is 6.33. The molecule has 23 heavy (non-hydrogen) atoms. The standard InChI is InChI=1S/C15H19NOS.C3H8.C2H6/c1-12-6-8-13(9-7-12)14(17)11-18-15-5-3-2-4-10-16-15;1-3-2;1-2/h6-9H,2-5,10-11H2,1H3;3H2,1-2H3;1-2H3. The molecule has 0 atom stereocenters. The van der Waals surface area contributed by atoms with Gasteiger partial charge in [-0.25, -0.2) is 0 Å². The predicted molar refractivity (Wildman–Crippen MR) is 106 cm³/mol. The molecule has 0 N–H and O–H groups in total. The average Bonchev–Trinajstić information content (AvgIpc) is 2.85. The maximum atomic E-state index is 12.0. The quantitative estimate of drug-likeness (QED) is 0.604. The van der Waals surface area contributed by atoms with Crippen LogP contribution in [-0.4, -0.2) is 23.1 Å². The number of rotatable bonds is 3. The van der Waals surface area contributed by atoms with Crippen molar-refractivity contribution in [2.75, 3.05) is 12.3 Å². The summed E-state index contributed by atoms with van der Waals surface area (Å²) in [5.74, 6) is 0.717. The summed E-state index contributed by atoms with van der Waals surface area (Å²) in [6, 6.07) is 7.79. The summed E-state index contributed by atoms with van der Waals surface area (Å²) < 4.78 is 0. The highest BCUT2D eigenvalue weighted by atomic mass is 32.2. The van der Waals surface area contributed by atoms with Crippen molar-refractivity contribution in [2.45, 2.75) is 66.7 Å². The van der Waals surface area contributed by atoms with Crippen molar-refractivity contribution in [3.05, 3.63) is 35.4 Å². The van der Waals surface area contributed by atoms with Gasteiger partial charge in [0.15, 0.2) is 5.78 Å². The van der Waals surface area contributed by atoms with Crippen molar-refractivity contribution in [1.82, 2.24) is 0 Å². The number of hydrogen-bond donors (Lipinski definition) is 0. The van der Waals surface area contributed by atoms with Gasteiger partial charge in [-0.1, -0.05) is 70.4 Å². The zero-order chi connectivity index (χ0) is 17.5. The first-order valence-electron chi connectivity index (χ1n) is 8.93. The number of carbonyl (C=O) groups excluding carboxylic acids is 1. The minimum absolute atomic E-state index is 0.201. The van der Waals surface area contributed by atoms with Crippen molar-refractivity contribution in [3.8, 4) is 0 Å². The number of ketones is 1. The molecule has 1 aromatic carbocycles. The van der Waals surface area contributed by atoms with Gasteiger partial charge in [-0.2, -0.15) is 0 Å². The molecule has 1 aromatic rings. The molecule has 0 fully saturated rings. The molecule has 3 heteroatoms. The van der Waals surface area contributed by atoms with Crippen LogP contribution >= 0.6 is 11.8 Å². The lowest BCUT2D eigenvalue weighted by Crippen LogP contribution is -2.05. The number of Topliss-reactive ketones (excluding diaryl/α,β-unsaturated/α-hetero) is 1. The third-order valence-corrected chi connectivity index (χ3v) is 4.15. The molecular formula is C20H33NOS. The Morgan fingerprint density at radius 1 is 1.09 bits per heavy atom. The first-order chi connectivity index (χ1) is 11.2. The fourth-order valence-corrected chi connectivity index (χ4v) is 2.87. The SMILES string of the molecule is CC.CCC.Cc1ccc(C(=O)CSC2=NCCCCC2)cc1. The molecule has 0 bridgehead atoms. The van der Waals surface area contributed by atoms with E-state index in [-0.39, 0.29) is 5.78 Å². The lowest BCUT2D eigenvalue weighted by atomic mass is 10.1. The fraction of sp³-hybridized carbons (Fsp3) is 0.600. The van der Waals surface area contributed by atoms with E-state index < -0.39 is 0 Å². The summed E-state index contributed by atoms with van der Waals surface area (Å²) in [7, 11) is 0. The molecule has 1 aliphatic heterocycles. The average molecular weight is 336 g/mol. The Balaban J connectivity index is 0.000000868. The third kappa shape index (κ3) is 10.3. The van der Waals surface area contributed by atoms with Gasteiger partial charge in [0.25, 0.3) is 0 Å². The highest BCUT2D eigenvalue weighted by molar-refractivity contribution is 8.14. The molecule has 0 aliphatic carbocycles. The molecule has 0 amide bonds. The first kappa shape index (κ1) is 21.9. The zero-order valence-electron chi connectivity index (χ0n) is 15.5. The Labute approximate surface area is 147 Å². The van der Waals surface area contributed by atoms with Crippen LogP contribution in [0.4, 0.5) is 0 Å². The van der Waals surface area contributed by atoms with Crippen molar-refractivity contribution in [2.24, 2.45) is 4.99 Å². The summed E-state index contributed by atoms with van der Waals surface area (Å²) in [6.45, 7) is 11.2. The van der Waals surface area contributed by atoms with Gasteiger partial charge in [-0.3, -0.25) is 9.79 Å². The molecule has 1 heterocycles. The Morgan fingerprint density at radius 3 is 2.30 bits per heavy atom. The maximum Gasteiger partial charge on any atom is 0.173 e. The van der Waals surface area contributed by atoms with E-state index in [1.165, 1.54) is 31.2 Å². The molecule has 2 rings (SSSR count). The van der Waals surface area contributed by atoms with Gasteiger partial charge in [0, 0.05) is 12.1 Å². The van der Waals surface area contributed by atoms with E-state index in [1.54, 1.807) is 11.8 Å². The third-order valence-electron chi connectivity index (χ3n) is 3.08. The van der Waals surface area contributed by atoms with Crippen LogP contribution in [0.15, 0.2) is 29.3 Å². The minimum atomic E-state index is 0.201. The molecule has 0 unspecified atom stereocenters. The second-order valence-corrected chi connectivity index (χ2v) is 6.42. The Morgan fingerprint density at radius 2 is 1.70 bits per heavy atom. The van der Waals surface area contributed by atoms with E-state index >= 15 is 0 Å². The highest BCUT2D eigenvalue weighted by Crippen LogP contribution is 2.17. The molecule has 130 valence electrons. The van der Waals surface area contributed by atoms with Crippen LogP contribution in [0.5, 0.6) is 0 Å². The fourth-order valence-electron chi connectivity index (χ4n) is 1.94. The largest absolute Gasteiger partial charge is 0.293 e. The van der Waals surface area contributed by atoms with E-state index in [0.717, 1.165) is 23.6 Å². The van der Waals surface area contributed by atoms with Crippen molar-refractivity contribution in [1.29, 1.82) is 0 Å². The highest BCUT2D eigenvalue weighted by Gasteiger charge is 2.10. The molecule has 0 saturated carbocycles. The summed E-state index contributed by atoms with van der Waals surface area (Å²) in [6.07, 6.45) is 5.96. The van der Waals surface area contributed by atoms with Crippen molar-refractivity contribution < 1.29 is 4.79 Å². The number of carbonyl (C=O) groups is 1. The number of benzene rings is 1. The smallest absolute Gasteiger partial charge is 0.173 e. The molecule has 1 aliphatic rings. The van der Waals surface area contributed by atoms with Crippen LogP contribution in [-0.2, 0) is 0 Å². The minimum Gasteiger partial charge on any atom is -0.293 e. The van der Waals surface area contributed by atoms with Gasteiger partial charge in [0.05, 0.1) is 10.8 Å². The second kappa shape index (κ2) is 14.5. The Kier molecular flexibility index (Phi) is 13.8. The number of nitrogens with zero attached hydrogens (tertiary/aromatic N) is 1. The Bertz CT molecular complexity index is 451. The Hall–Kier alpha value is -1.09. The van der Waals surface area contributed by atoms with Gasteiger partial charge >= 0.3 is 0 Å². The number of aryl methyl sites for hydroxylation is 1. The van der Waals surface area contributed by atoms with Crippen LogP contribution in [0.3, 0.4) is 0 Å². The van der Waals surface area contributed by atoms with Crippen LogP contribution < -0.4 is 0 Å². The summed E-state index contributed by atoms with van der Waals surface area (Å²) in [5, 5.41) is 1.16. The zero-order valence-corrected chi connectivity index (χ0v) is 16.3. The lowest BCUT2D eigenvalue weighted by molar-refractivity contribution is 0.102. The summed E-state index contributed by atoms with van der Waals surface area (Å²) >= 11 is 1.62. The summed E-state index contributed by atoms with van der Waals surface area (Å²) in [4.78, 5) is 16.5. The monoisotopic (exact) mass is 335 g/mol. The van der Waals surface area contributed by atoms with Crippen molar-refractivity contribution >= 4 is 22.6 Å². The lowest BCUT2D eigenvalue weighted by Gasteiger charge is -2.04. The van der Waals surface area contributed by atoms with Crippen LogP contribution in [0, 0.1) is 6.92 Å². The van der Waals surface area contributed by atoms with E-state index in [0.29, 0.717) is 5.75 Å². The number of thioether (sulfide) groups is 1. The van der Waals surface area contributed by atoms with Gasteiger partial charge in [-0.15, -0.1) is 11.8 Å².